The second-order valence-corrected chi connectivity index (χ2v) is 9.46. The Hall–Kier alpha value is -3.78. The second-order valence-electron chi connectivity index (χ2n) is 9.46. The smallest absolute Gasteiger partial charge is 0.251 e. The fourth-order valence-corrected chi connectivity index (χ4v) is 4.57. The summed E-state index contributed by atoms with van der Waals surface area (Å²) in [4.78, 5) is 36.9. The van der Waals surface area contributed by atoms with E-state index in [1.807, 2.05) is 30.3 Å². The molecule has 2 aromatic heterocycles. The molecule has 2 fully saturated rings. The van der Waals surface area contributed by atoms with Crippen LogP contribution in [-0.4, -0.2) is 26.8 Å². The number of nitrogens with zero attached hydrogens (tertiary/aromatic N) is 2. The third-order valence-corrected chi connectivity index (χ3v) is 6.80. The molecule has 0 spiro atoms. The number of benzene rings is 1. The summed E-state index contributed by atoms with van der Waals surface area (Å²) in [5.74, 6) is -0.140. The number of nitrogen functional groups attached to an aromatic ring is 1. The minimum absolute atomic E-state index is 0.0318. The molecule has 0 amide bonds. The Morgan fingerprint density at radius 1 is 1.14 bits per heavy atom. The molecular weight excluding hydrogens is 440 g/mol. The van der Waals surface area contributed by atoms with Crippen LogP contribution in [0.15, 0.2) is 53.6 Å². The van der Waals surface area contributed by atoms with Gasteiger partial charge >= 0.3 is 0 Å². The fourth-order valence-electron chi connectivity index (χ4n) is 4.57. The van der Waals surface area contributed by atoms with Gasteiger partial charge in [0.15, 0.2) is 11.5 Å². The lowest BCUT2D eigenvalue weighted by Gasteiger charge is -2.11. The Morgan fingerprint density at radius 2 is 1.89 bits per heavy atom. The summed E-state index contributed by atoms with van der Waals surface area (Å²) in [5.41, 5.74) is 16.3. The number of H-pyrrole nitrogens is 1. The summed E-state index contributed by atoms with van der Waals surface area (Å²) in [6.07, 6.45) is 11.2. The first-order chi connectivity index (χ1) is 17.0. The zero-order chi connectivity index (χ0) is 24.4. The third-order valence-electron chi connectivity index (χ3n) is 6.80. The molecule has 2 saturated carbocycles. The summed E-state index contributed by atoms with van der Waals surface area (Å²) in [6, 6.07) is 10.3. The van der Waals surface area contributed by atoms with Crippen molar-refractivity contribution >= 4 is 17.3 Å². The number of nitrogens with two attached hydrogens (primary N) is 2. The number of carbonyl (C=O) groups is 1. The number of pyridine rings is 1. The van der Waals surface area contributed by atoms with Crippen molar-refractivity contribution in [3.05, 3.63) is 81.5 Å². The minimum atomic E-state index is -0.422. The quantitative estimate of drug-likeness (QED) is 0.292. The standard InChI is InChI=1S/C27H30N6O2/c28-22(18-7-5-16(6-8-18)13-30-20-9-10-20)12-24(34)25-26(29)31-15-23(33-25)19-11-21(27(35)32-14-19)17-3-1-2-4-17/h5-8,11-12,14-15,17,20,30H,1-4,9-10,13,28H2,(H2,29,31)(H,32,35). The van der Waals surface area contributed by atoms with Crippen molar-refractivity contribution in [1.82, 2.24) is 20.3 Å². The van der Waals surface area contributed by atoms with E-state index in [1.165, 1.54) is 30.7 Å². The molecule has 0 atom stereocenters. The third kappa shape index (κ3) is 5.33. The molecular formula is C27H30N6O2. The highest BCUT2D eigenvalue weighted by Crippen LogP contribution is 2.33. The number of aromatic amines is 1. The number of aromatic nitrogens is 3. The second kappa shape index (κ2) is 9.84. The van der Waals surface area contributed by atoms with Crippen LogP contribution in [0.3, 0.4) is 0 Å². The predicted octanol–water partition coefficient (Wildman–Crippen LogP) is 3.51. The normalized spacial score (nSPS) is 16.5. The maximum absolute atomic E-state index is 13.0. The number of hydrogen-bond donors (Lipinski definition) is 4. The minimum Gasteiger partial charge on any atom is -0.398 e. The number of allylic oxidation sites excluding steroid dienone is 1. The van der Waals surface area contributed by atoms with Crippen LogP contribution in [0.1, 0.15) is 71.6 Å². The van der Waals surface area contributed by atoms with Gasteiger partial charge < -0.3 is 21.8 Å². The lowest BCUT2D eigenvalue weighted by molar-refractivity contribution is 0.104. The summed E-state index contributed by atoms with van der Waals surface area (Å²) in [7, 11) is 0. The molecule has 0 radical (unpaired) electrons. The molecule has 1 aromatic carbocycles. The van der Waals surface area contributed by atoms with E-state index < -0.39 is 5.78 Å². The van der Waals surface area contributed by atoms with Crippen molar-refractivity contribution in [3.63, 3.8) is 0 Å². The van der Waals surface area contributed by atoms with Gasteiger partial charge in [0.2, 0.25) is 5.78 Å². The van der Waals surface area contributed by atoms with E-state index >= 15 is 0 Å². The van der Waals surface area contributed by atoms with Gasteiger partial charge in [-0.1, -0.05) is 37.1 Å². The van der Waals surface area contributed by atoms with Gasteiger partial charge in [0.1, 0.15) is 0 Å². The number of anilines is 1. The predicted molar refractivity (Wildman–Crippen MR) is 137 cm³/mol. The molecule has 8 heteroatoms. The summed E-state index contributed by atoms with van der Waals surface area (Å²) >= 11 is 0. The SMILES string of the molecule is NC(=CC(=O)c1nc(-c2c[nH]c(=O)c(C3CCCC3)c2)cnc1N)c1ccc(CNC2CC2)cc1. The molecule has 6 N–H and O–H groups in total. The first-order valence-electron chi connectivity index (χ1n) is 12.2. The van der Waals surface area contributed by atoms with Gasteiger partial charge in [-0.05, 0) is 48.8 Å². The molecule has 0 aliphatic heterocycles. The van der Waals surface area contributed by atoms with Gasteiger partial charge in [0, 0.05) is 41.7 Å². The van der Waals surface area contributed by atoms with Crippen molar-refractivity contribution in [2.45, 2.75) is 57.0 Å². The highest BCUT2D eigenvalue weighted by atomic mass is 16.1. The monoisotopic (exact) mass is 470 g/mol. The Balaban J connectivity index is 1.36. The van der Waals surface area contributed by atoms with E-state index in [1.54, 1.807) is 6.20 Å². The Kier molecular flexibility index (Phi) is 6.46. The van der Waals surface area contributed by atoms with Crippen LogP contribution < -0.4 is 22.3 Å². The Bertz CT molecular complexity index is 1320. The van der Waals surface area contributed by atoms with Gasteiger partial charge in [0.05, 0.1) is 11.9 Å². The number of nitrogens with one attached hydrogen (secondary N) is 2. The van der Waals surface area contributed by atoms with Crippen molar-refractivity contribution in [3.8, 4) is 11.3 Å². The van der Waals surface area contributed by atoms with E-state index in [9.17, 15) is 9.59 Å². The first-order valence-corrected chi connectivity index (χ1v) is 12.2. The van der Waals surface area contributed by atoms with Crippen molar-refractivity contribution < 1.29 is 4.79 Å². The van der Waals surface area contributed by atoms with Gasteiger partial charge in [-0.25, -0.2) is 9.97 Å². The molecule has 3 aromatic rings. The number of rotatable bonds is 8. The maximum Gasteiger partial charge on any atom is 0.251 e. The highest BCUT2D eigenvalue weighted by Gasteiger charge is 2.22. The average Bonchev–Trinajstić information content (AvgIpc) is 3.54. The van der Waals surface area contributed by atoms with Crippen LogP contribution in [0, 0.1) is 0 Å². The topological polar surface area (TPSA) is 140 Å². The molecule has 0 bridgehead atoms. The molecule has 5 rings (SSSR count). The summed E-state index contributed by atoms with van der Waals surface area (Å²) in [5, 5.41) is 3.47. The van der Waals surface area contributed by atoms with Crippen LogP contribution in [0.4, 0.5) is 5.82 Å². The van der Waals surface area contributed by atoms with Gasteiger partial charge in [-0.2, -0.15) is 0 Å². The van der Waals surface area contributed by atoms with Gasteiger partial charge in [-0.3, -0.25) is 9.59 Å². The van der Waals surface area contributed by atoms with Crippen LogP contribution in [0.2, 0.25) is 0 Å². The Labute approximate surface area is 203 Å². The molecule has 8 nitrogen and oxygen atoms in total. The lowest BCUT2D eigenvalue weighted by Crippen LogP contribution is -2.15. The molecule has 0 unspecified atom stereocenters. The zero-order valence-corrected chi connectivity index (χ0v) is 19.6. The average molecular weight is 471 g/mol. The van der Waals surface area contributed by atoms with E-state index in [4.69, 9.17) is 11.5 Å². The van der Waals surface area contributed by atoms with Gasteiger partial charge in [-0.15, -0.1) is 0 Å². The number of ketones is 1. The molecule has 2 heterocycles. The first kappa shape index (κ1) is 23.0. The molecule has 35 heavy (non-hydrogen) atoms. The van der Waals surface area contributed by atoms with Crippen LogP contribution in [0.25, 0.3) is 17.0 Å². The van der Waals surface area contributed by atoms with E-state index in [0.29, 0.717) is 23.0 Å². The van der Waals surface area contributed by atoms with Crippen LogP contribution in [-0.2, 0) is 6.54 Å². The highest BCUT2D eigenvalue weighted by molar-refractivity contribution is 6.09. The van der Waals surface area contributed by atoms with Crippen molar-refractivity contribution in [2.24, 2.45) is 5.73 Å². The molecule has 0 saturated heterocycles. The Morgan fingerprint density at radius 3 is 2.60 bits per heavy atom. The summed E-state index contributed by atoms with van der Waals surface area (Å²) < 4.78 is 0. The largest absolute Gasteiger partial charge is 0.398 e. The van der Waals surface area contributed by atoms with E-state index in [-0.39, 0.29) is 23.0 Å². The van der Waals surface area contributed by atoms with Crippen LogP contribution >= 0.6 is 0 Å². The lowest BCUT2D eigenvalue weighted by atomic mass is 9.97. The number of hydrogen-bond acceptors (Lipinski definition) is 7. The fraction of sp³-hybridized carbons (Fsp3) is 0.333. The van der Waals surface area contributed by atoms with Crippen LogP contribution in [0.5, 0.6) is 0 Å². The molecule has 180 valence electrons. The van der Waals surface area contributed by atoms with E-state index in [2.05, 4.69) is 20.3 Å². The van der Waals surface area contributed by atoms with E-state index in [0.717, 1.165) is 43.4 Å². The summed E-state index contributed by atoms with van der Waals surface area (Å²) in [6.45, 7) is 0.819. The van der Waals surface area contributed by atoms with Crippen molar-refractivity contribution in [2.75, 3.05) is 5.73 Å². The maximum atomic E-state index is 13.0. The van der Waals surface area contributed by atoms with Gasteiger partial charge in [0.25, 0.3) is 5.56 Å². The van der Waals surface area contributed by atoms with Crippen molar-refractivity contribution in [1.29, 1.82) is 0 Å². The number of carbonyl (C=O) groups excluding carboxylic acids is 1. The zero-order valence-electron chi connectivity index (χ0n) is 19.6. The molecule has 2 aliphatic carbocycles. The molecule has 2 aliphatic rings.